The number of likely N-dealkylation sites (tertiary alicyclic amines) is 3. The highest BCUT2D eigenvalue weighted by Crippen LogP contribution is 2.28. The number of nitrogens with one attached hydrogen (secondary N) is 2. The van der Waals surface area contributed by atoms with Crippen LogP contribution in [0.15, 0.2) is 42.5 Å². The van der Waals surface area contributed by atoms with Crippen molar-refractivity contribution in [1.82, 2.24) is 24.9 Å². The zero-order valence-corrected chi connectivity index (χ0v) is 29.7. The molecule has 0 saturated carbocycles. The third-order valence-corrected chi connectivity index (χ3v) is 11.3. The number of anilines is 1. The maximum absolute atomic E-state index is 14.0. The van der Waals surface area contributed by atoms with Gasteiger partial charge in [-0.3, -0.25) is 14.4 Å². The zero-order valence-electron chi connectivity index (χ0n) is 26.8. The molecule has 0 spiro atoms. The van der Waals surface area contributed by atoms with Crippen LogP contribution in [0.25, 0.3) is 0 Å². The molecule has 0 unspecified atom stereocenters. The highest BCUT2D eigenvalue weighted by Gasteiger charge is 2.36. The summed E-state index contributed by atoms with van der Waals surface area (Å²) in [5.41, 5.74) is 3.21. The SMILES string of the molecule is O=C(N[C@@H](CC(=O)N1CCC(N2Cc3ccccc3NC2=O)CC1)C(=O)N1CCC(N2CCCCC2)CC1)c1cc(Cl)cc(CI)c1. The Hall–Kier alpha value is -2.90. The highest BCUT2D eigenvalue weighted by atomic mass is 127. The first kappa shape index (κ1) is 34.0. The van der Waals surface area contributed by atoms with Gasteiger partial charge in [0.05, 0.1) is 6.42 Å². The highest BCUT2D eigenvalue weighted by molar-refractivity contribution is 14.1. The van der Waals surface area contributed by atoms with Crippen molar-refractivity contribution >= 4 is 63.6 Å². The van der Waals surface area contributed by atoms with Gasteiger partial charge in [0.1, 0.15) is 6.04 Å². The first-order valence-corrected chi connectivity index (χ1v) is 18.8. The quantitative estimate of drug-likeness (QED) is 0.281. The van der Waals surface area contributed by atoms with Crippen LogP contribution in [0.2, 0.25) is 5.02 Å². The van der Waals surface area contributed by atoms with E-state index in [-0.39, 0.29) is 30.3 Å². The summed E-state index contributed by atoms with van der Waals surface area (Å²) in [7, 11) is 0. The van der Waals surface area contributed by atoms with E-state index in [9.17, 15) is 19.2 Å². The number of urea groups is 1. The molecule has 3 fully saturated rings. The second kappa shape index (κ2) is 15.5. The van der Waals surface area contributed by atoms with Crippen molar-refractivity contribution in [1.29, 1.82) is 0 Å². The first-order chi connectivity index (χ1) is 22.8. The van der Waals surface area contributed by atoms with E-state index < -0.39 is 11.9 Å². The van der Waals surface area contributed by atoms with Crippen molar-refractivity contribution in [2.24, 2.45) is 0 Å². The molecule has 252 valence electrons. The minimum absolute atomic E-state index is 0.0145. The number of alkyl halides is 1. The first-order valence-electron chi connectivity index (χ1n) is 16.9. The Morgan fingerprint density at radius 1 is 0.894 bits per heavy atom. The van der Waals surface area contributed by atoms with Crippen LogP contribution in [0.5, 0.6) is 0 Å². The molecule has 2 aromatic rings. The summed E-state index contributed by atoms with van der Waals surface area (Å²) in [6.45, 7) is 4.98. The maximum Gasteiger partial charge on any atom is 0.322 e. The van der Waals surface area contributed by atoms with Gasteiger partial charge in [0.25, 0.3) is 5.91 Å². The molecule has 10 nitrogen and oxygen atoms in total. The van der Waals surface area contributed by atoms with E-state index >= 15 is 0 Å². The Labute approximate surface area is 295 Å². The second-order valence-electron chi connectivity index (χ2n) is 13.2. The number of halogens is 2. The van der Waals surface area contributed by atoms with Crippen molar-refractivity contribution in [3.8, 4) is 0 Å². The van der Waals surface area contributed by atoms with Gasteiger partial charge in [-0.1, -0.05) is 58.8 Å². The molecule has 4 aliphatic rings. The molecule has 0 aromatic heterocycles. The predicted molar refractivity (Wildman–Crippen MR) is 191 cm³/mol. The lowest BCUT2D eigenvalue weighted by atomic mass is 9.98. The van der Waals surface area contributed by atoms with Crippen LogP contribution in [-0.4, -0.2) is 101 Å². The van der Waals surface area contributed by atoms with Crippen molar-refractivity contribution in [2.75, 3.05) is 44.6 Å². The Kier molecular flexibility index (Phi) is 11.2. The maximum atomic E-state index is 14.0. The summed E-state index contributed by atoms with van der Waals surface area (Å²) in [5, 5.41) is 6.36. The smallest absolute Gasteiger partial charge is 0.322 e. The molecule has 5 amide bonds. The van der Waals surface area contributed by atoms with E-state index in [1.54, 1.807) is 17.0 Å². The summed E-state index contributed by atoms with van der Waals surface area (Å²) in [6.07, 6.45) is 6.73. The molecule has 2 N–H and O–H groups in total. The molecule has 4 heterocycles. The molecule has 0 aliphatic carbocycles. The van der Waals surface area contributed by atoms with Gasteiger partial charge in [-0.2, -0.15) is 0 Å². The molecule has 6 rings (SSSR count). The number of carbonyl (C=O) groups is 4. The fraction of sp³-hybridized carbons (Fsp3) is 0.543. The van der Waals surface area contributed by atoms with Gasteiger partial charge in [0, 0.05) is 65.5 Å². The number of hydrogen-bond acceptors (Lipinski definition) is 5. The molecule has 3 saturated heterocycles. The van der Waals surface area contributed by atoms with Gasteiger partial charge in [-0.05, 0) is 87.0 Å². The topological polar surface area (TPSA) is 105 Å². The van der Waals surface area contributed by atoms with Gasteiger partial charge < -0.3 is 30.2 Å². The summed E-state index contributed by atoms with van der Waals surface area (Å²) in [5.74, 6) is -0.792. The van der Waals surface area contributed by atoms with E-state index in [1.165, 1.54) is 19.3 Å². The minimum Gasteiger partial charge on any atom is -0.342 e. The second-order valence-corrected chi connectivity index (χ2v) is 14.4. The molecule has 4 aliphatic heterocycles. The summed E-state index contributed by atoms with van der Waals surface area (Å²) in [6, 6.07) is 12.4. The third-order valence-electron chi connectivity index (χ3n) is 10.2. The molecule has 2 aromatic carbocycles. The van der Waals surface area contributed by atoms with Crippen LogP contribution < -0.4 is 10.6 Å². The largest absolute Gasteiger partial charge is 0.342 e. The lowest BCUT2D eigenvalue weighted by molar-refractivity contribution is -0.140. The van der Waals surface area contributed by atoms with E-state index in [4.69, 9.17) is 11.6 Å². The van der Waals surface area contributed by atoms with E-state index in [0.717, 1.165) is 42.7 Å². The van der Waals surface area contributed by atoms with Crippen molar-refractivity contribution in [2.45, 2.75) is 80.5 Å². The average Bonchev–Trinajstić information content (AvgIpc) is 3.11. The third kappa shape index (κ3) is 8.22. The summed E-state index contributed by atoms with van der Waals surface area (Å²) < 4.78 is 0.687. The number of rotatable bonds is 8. The molecule has 0 bridgehead atoms. The van der Waals surface area contributed by atoms with Crippen LogP contribution in [0.3, 0.4) is 0 Å². The lowest BCUT2D eigenvalue weighted by Gasteiger charge is -2.41. The number of fused-ring (bicyclic) bond motifs is 1. The van der Waals surface area contributed by atoms with Crippen molar-refractivity contribution < 1.29 is 19.2 Å². The normalized spacial score (nSPS) is 20.4. The van der Waals surface area contributed by atoms with Crippen LogP contribution in [0.1, 0.15) is 72.9 Å². The van der Waals surface area contributed by atoms with E-state index in [0.29, 0.717) is 66.6 Å². The van der Waals surface area contributed by atoms with Crippen LogP contribution >= 0.6 is 34.2 Å². The van der Waals surface area contributed by atoms with Crippen LogP contribution in [-0.2, 0) is 20.6 Å². The van der Waals surface area contributed by atoms with Gasteiger partial charge in [0.15, 0.2) is 0 Å². The number of amides is 5. The number of hydrogen-bond donors (Lipinski definition) is 2. The molecule has 12 heteroatoms. The summed E-state index contributed by atoms with van der Waals surface area (Å²) >= 11 is 8.53. The van der Waals surface area contributed by atoms with E-state index in [2.05, 4.69) is 38.1 Å². The van der Waals surface area contributed by atoms with Gasteiger partial charge in [-0.25, -0.2) is 4.79 Å². The fourth-order valence-electron chi connectivity index (χ4n) is 7.50. The fourth-order valence-corrected chi connectivity index (χ4v) is 8.20. The van der Waals surface area contributed by atoms with Gasteiger partial charge >= 0.3 is 6.03 Å². The number of piperidine rings is 3. The molecule has 1 atom stereocenters. The number of para-hydroxylation sites is 1. The standard InChI is InChI=1S/C35H44ClIN6O4/c36-27-19-24(22-37)18-26(20-27)33(45)38-31(34(46)42-16-8-28(9-17-42)40-12-4-1-5-13-40)21-32(44)41-14-10-29(11-15-41)43-23-25-6-2-3-7-30(25)39-35(43)47/h2-3,6-7,18-20,28-29,31H,1,4-5,8-17,21-23H2,(H,38,45)(H,39,47)/t31-/m0/s1. The lowest BCUT2D eigenvalue weighted by Crippen LogP contribution is -2.55. The van der Waals surface area contributed by atoms with Gasteiger partial charge in [0.2, 0.25) is 11.8 Å². The summed E-state index contributed by atoms with van der Waals surface area (Å²) in [4.78, 5) is 62.1. The molecular weight excluding hydrogens is 731 g/mol. The van der Waals surface area contributed by atoms with Crippen LogP contribution in [0.4, 0.5) is 10.5 Å². The molecule has 47 heavy (non-hydrogen) atoms. The van der Waals surface area contributed by atoms with Crippen LogP contribution in [0, 0.1) is 0 Å². The number of carbonyl (C=O) groups excluding carboxylic acids is 4. The minimum atomic E-state index is -0.981. The average molecular weight is 775 g/mol. The molecule has 0 radical (unpaired) electrons. The zero-order chi connectivity index (χ0) is 32.9. The Bertz CT molecular complexity index is 1470. The molecular formula is C35H44ClIN6O4. The monoisotopic (exact) mass is 774 g/mol. The van der Waals surface area contributed by atoms with Crippen molar-refractivity contribution in [3.05, 3.63) is 64.2 Å². The van der Waals surface area contributed by atoms with Gasteiger partial charge in [-0.15, -0.1) is 0 Å². The Balaban J connectivity index is 1.10. The predicted octanol–water partition coefficient (Wildman–Crippen LogP) is 5.28. The number of benzene rings is 2. The Morgan fingerprint density at radius 2 is 1.57 bits per heavy atom. The van der Waals surface area contributed by atoms with Crippen molar-refractivity contribution in [3.63, 3.8) is 0 Å². The number of nitrogens with zero attached hydrogens (tertiary/aromatic N) is 4. The van der Waals surface area contributed by atoms with E-state index in [1.807, 2.05) is 40.1 Å². The Morgan fingerprint density at radius 3 is 2.30 bits per heavy atom.